The first kappa shape index (κ1) is 55.6. The normalized spacial score (nSPS) is 13.0. The molecule has 0 atom stereocenters. The van der Waals surface area contributed by atoms with Crippen molar-refractivity contribution in [3.05, 3.63) is 182 Å². The summed E-state index contributed by atoms with van der Waals surface area (Å²) in [5, 5.41) is 16.6. The number of rotatable bonds is 12. The molecule has 0 N–H and O–H groups in total. The molecule has 10 aromatic carbocycles. The van der Waals surface area contributed by atoms with Gasteiger partial charge in [-0.1, -0.05) is 295 Å². The van der Waals surface area contributed by atoms with E-state index >= 15 is 0 Å². The molecule has 0 saturated carbocycles. The Morgan fingerprint density at radius 2 is 0.256 bits per heavy atom. The second-order valence-electron chi connectivity index (χ2n) is 28.8. The van der Waals surface area contributed by atoms with Gasteiger partial charge < -0.3 is 0 Å². The maximum atomic E-state index is 2.58. The molecule has 0 spiro atoms. The number of fused-ring (bicyclic) bond motifs is 6. The SMILES string of the molecule is C[Si](C)(C)c1ccc(-c2cc3c4cc(-c5ccc([Si](C)(C)C)cc5)c(-c5ccc([Si](C)(C)C)cc5)cc4c4cc(-c5ccc([Si](C)(C)C)cc5)c(-c5ccc([Si](C)(C)C)cc5)cc4c3cc2-c2ccc([Si](C)(C)C)cc2)cc1. The molecule has 0 unspecified atom stereocenters. The molecule has 78 heavy (non-hydrogen) atoms. The Morgan fingerprint density at radius 1 is 0.154 bits per heavy atom. The zero-order chi connectivity index (χ0) is 56.1. The van der Waals surface area contributed by atoms with Crippen LogP contribution in [0, 0.1) is 0 Å². The lowest BCUT2D eigenvalue weighted by Crippen LogP contribution is -2.37. The highest BCUT2D eigenvalue weighted by Crippen LogP contribution is 2.48. The molecule has 0 nitrogen and oxygen atoms in total. The van der Waals surface area contributed by atoms with Crippen molar-refractivity contribution in [1.82, 2.24) is 0 Å². The molecule has 0 amide bonds. The molecule has 6 heteroatoms. The molecule has 0 heterocycles. The Balaban J connectivity index is 1.39. The number of hydrogen-bond acceptors (Lipinski definition) is 0. The molecule has 0 radical (unpaired) electrons. The van der Waals surface area contributed by atoms with Crippen molar-refractivity contribution >= 4 is 112 Å². The van der Waals surface area contributed by atoms with Gasteiger partial charge >= 0.3 is 0 Å². The summed E-state index contributed by atoms with van der Waals surface area (Å²) in [5.74, 6) is 0. The highest BCUT2D eigenvalue weighted by atomic mass is 28.3. The van der Waals surface area contributed by atoms with Crippen molar-refractivity contribution in [3.8, 4) is 66.8 Å². The maximum Gasteiger partial charge on any atom is 0.0775 e. The van der Waals surface area contributed by atoms with Crippen LogP contribution in [0.1, 0.15) is 0 Å². The topological polar surface area (TPSA) is 0 Å². The summed E-state index contributed by atoms with van der Waals surface area (Å²) >= 11 is 0. The summed E-state index contributed by atoms with van der Waals surface area (Å²) in [6, 6.07) is 73.4. The Hall–Kier alpha value is -5.72. The van der Waals surface area contributed by atoms with E-state index in [1.54, 1.807) is 0 Å². The van der Waals surface area contributed by atoms with Gasteiger partial charge in [-0.15, -0.1) is 0 Å². The van der Waals surface area contributed by atoms with Crippen LogP contribution >= 0.6 is 0 Å². The van der Waals surface area contributed by atoms with E-state index in [0.717, 1.165) is 0 Å². The summed E-state index contributed by atoms with van der Waals surface area (Å²) in [6.45, 7) is 44.2. The van der Waals surface area contributed by atoms with E-state index in [1.807, 2.05) is 0 Å². The summed E-state index contributed by atoms with van der Waals surface area (Å²) < 4.78 is 0. The Labute approximate surface area is 475 Å². The third-order valence-electron chi connectivity index (χ3n) is 16.7. The minimum Gasteiger partial charge on any atom is -0.0656 e. The van der Waals surface area contributed by atoms with Crippen LogP contribution < -0.4 is 31.1 Å². The average molecular weight is 1120 g/mol. The monoisotopic (exact) mass is 1120 g/mol. The standard InChI is InChI=1S/C72H84Si6/c1-73(2,3)55-31-19-49(20-32-55)61-43-67-68(44-62(61)50-21-33-56(34-22-50)74(4,5)6)70-46-64(52-25-37-58(38-26-52)76(10,11)12)66(54-29-41-60(42-30-54)78(16,17)18)48-72(70)71-47-65(53-27-39-59(40-28-53)77(13,14)15)63(45-69(67)71)51-23-35-57(36-24-51)75(7,8)9/h19-48H,1-18H3. The van der Waals surface area contributed by atoms with E-state index in [-0.39, 0.29) is 0 Å². The fraction of sp³-hybridized carbons (Fsp3) is 0.250. The lowest BCUT2D eigenvalue weighted by molar-refractivity contribution is 1.59. The van der Waals surface area contributed by atoms with Crippen molar-refractivity contribution < 1.29 is 0 Å². The molecule has 0 bridgehead atoms. The van der Waals surface area contributed by atoms with Gasteiger partial charge in [0.25, 0.3) is 0 Å². The Morgan fingerprint density at radius 3 is 0.346 bits per heavy atom. The van der Waals surface area contributed by atoms with Gasteiger partial charge in [0.1, 0.15) is 0 Å². The van der Waals surface area contributed by atoms with Gasteiger partial charge in [0.05, 0.1) is 48.4 Å². The van der Waals surface area contributed by atoms with E-state index in [2.05, 4.69) is 300 Å². The van der Waals surface area contributed by atoms with Gasteiger partial charge in [0.15, 0.2) is 0 Å². The van der Waals surface area contributed by atoms with Crippen molar-refractivity contribution in [2.24, 2.45) is 0 Å². The molecule has 0 aliphatic carbocycles. The quantitative estimate of drug-likeness (QED) is 0.0845. The van der Waals surface area contributed by atoms with Crippen LogP contribution in [-0.2, 0) is 0 Å². The smallest absolute Gasteiger partial charge is 0.0656 e. The fourth-order valence-corrected chi connectivity index (χ4v) is 18.5. The van der Waals surface area contributed by atoms with Crippen LogP contribution in [-0.4, -0.2) is 48.4 Å². The predicted molar refractivity (Wildman–Crippen MR) is 369 cm³/mol. The third kappa shape index (κ3) is 11.1. The molecule has 10 rings (SSSR count). The second-order valence-corrected chi connectivity index (χ2v) is 59.3. The summed E-state index contributed by atoms with van der Waals surface area (Å²) in [6.07, 6.45) is 0. The largest absolute Gasteiger partial charge is 0.0775 e. The zero-order valence-electron chi connectivity index (χ0n) is 50.3. The fourth-order valence-electron chi connectivity index (χ4n) is 11.5. The number of hydrogen-bond donors (Lipinski definition) is 0. The first-order valence-corrected chi connectivity index (χ1v) is 49.6. The number of benzene rings is 10. The molecule has 0 aliphatic rings. The van der Waals surface area contributed by atoms with Crippen molar-refractivity contribution in [2.45, 2.75) is 118 Å². The zero-order valence-corrected chi connectivity index (χ0v) is 56.3. The lowest BCUT2D eigenvalue weighted by atomic mass is 9.82. The highest BCUT2D eigenvalue weighted by molar-refractivity contribution is 6.90. The van der Waals surface area contributed by atoms with E-state index in [4.69, 9.17) is 0 Å². The van der Waals surface area contributed by atoms with Crippen molar-refractivity contribution in [1.29, 1.82) is 0 Å². The van der Waals surface area contributed by atoms with E-state index in [0.29, 0.717) is 0 Å². The summed E-state index contributed by atoms with van der Waals surface area (Å²) in [4.78, 5) is 0. The molecular formula is C72H84Si6. The third-order valence-corrected chi connectivity index (χ3v) is 29.1. The molecular weight excluding hydrogens is 1030 g/mol. The van der Waals surface area contributed by atoms with E-state index in [9.17, 15) is 0 Å². The van der Waals surface area contributed by atoms with Crippen LogP contribution in [0.25, 0.3) is 99.1 Å². The van der Waals surface area contributed by atoms with E-state index < -0.39 is 48.4 Å². The first-order valence-electron chi connectivity index (χ1n) is 28.6. The van der Waals surface area contributed by atoms with Crippen LogP contribution in [0.15, 0.2) is 182 Å². The van der Waals surface area contributed by atoms with Crippen LogP contribution in [0.4, 0.5) is 0 Å². The molecule has 0 aromatic heterocycles. The molecule has 0 fully saturated rings. The summed E-state index contributed by atoms with van der Waals surface area (Å²) in [5.41, 5.74) is 15.2. The predicted octanol–water partition coefficient (Wildman–Crippen LogP) is 18.4. The molecule has 396 valence electrons. The maximum absolute atomic E-state index is 2.58. The van der Waals surface area contributed by atoms with Crippen LogP contribution in [0.2, 0.25) is 118 Å². The average Bonchev–Trinajstić information content (AvgIpc) is 3.45. The van der Waals surface area contributed by atoms with Crippen LogP contribution in [0.3, 0.4) is 0 Å². The molecule has 0 saturated heterocycles. The van der Waals surface area contributed by atoms with Crippen LogP contribution in [0.5, 0.6) is 0 Å². The highest BCUT2D eigenvalue weighted by Gasteiger charge is 2.26. The van der Waals surface area contributed by atoms with Crippen molar-refractivity contribution in [2.75, 3.05) is 0 Å². The first-order chi connectivity index (χ1) is 36.4. The molecule has 0 aliphatic heterocycles. The van der Waals surface area contributed by atoms with Gasteiger partial charge in [-0.3, -0.25) is 0 Å². The minimum absolute atomic E-state index is 1.26. The second kappa shape index (κ2) is 20.1. The minimum atomic E-state index is -1.54. The van der Waals surface area contributed by atoms with Gasteiger partial charge in [0, 0.05) is 0 Å². The summed E-state index contributed by atoms with van der Waals surface area (Å²) in [7, 11) is -9.26. The lowest BCUT2D eigenvalue weighted by Gasteiger charge is -2.23. The van der Waals surface area contributed by atoms with Gasteiger partial charge in [-0.05, 0) is 135 Å². The van der Waals surface area contributed by atoms with E-state index in [1.165, 1.54) is 130 Å². The Bertz CT molecular complexity index is 3170. The Kier molecular flexibility index (Phi) is 14.3. The van der Waals surface area contributed by atoms with Gasteiger partial charge in [-0.25, -0.2) is 0 Å². The van der Waals surface area contributed by atoms with Gasteiger partial charge in [0.2, 0.25) is 0 Å². The van der Waals surface area contributed by atoms with Crippen molar-refractivity contribution in [3.63, 3.8) is 0 Å². The van der Waals surface area contributed by atoms with Gasteiger partial charge in [-0.2, -0.15) is 0 Å². The molecule has 10 aromatic rings.